The highest BCUT2D eigenvalue weighted by molar-refractivity contribution is 5.83. The van der Waals surface area contributed by atoms with Crippen molar-refractivity contribution >= 4 is 5.91 Å². The van der Waals surface area contributed by atoms with E-state index >= 15 is 0 Å². The number of amides is 1. The number of aryl methyl sites for hydroxylation is 1. The molecule has 1 atom stereocenters. The molecule has 1 amide bonds. The van der Waals surface area contributed by atoms with Crippen molar-refractivity contribution in [1.82, 2.24) is 19.2 Å². The number of hydrogen-bond donors (Lipinski definition) is 0. The Morgan fingerprint density at radius 3 is 2.41 bits per heavy atom. The minimum atomic E-state index is -0.0674. The molecule has 27 heavy (non-hydrogen) atoms. The molecule has 4 rings (SSSR count). The van der Waals surface area contributed by atoms with Crippen molar-refractivity contribution in [3.05, 3.63) is 52.2 Å². The Bertz CT molecular complexity index is 858. The summed E-state index contributed by atoms with van der Waals surface area (Å²) in [6.07, 6.45) is 4.71. The molecule has 6 heteroatoms. The fourth-order valence-corrected chi connectivity index (χ4v) is 4.27. The first-order valence-electron chi connectivity index (χ1n) is 10.1. The zero-order valence-corrected chi connectivity index (χ0v) is 16.2. The average Bonchev–Trinajstić information content (AvgIpc) is 3.49. The second-order valence-corrected chi connectivity index (χ2v) is 7.84. The van der Waals surface area contributed by atoms with Crippen LogP contribution in [0.3, 0.4) is 0 Å². The number of carbonyl (C=O) groups is 1. The summed E-state index contributed by atoms with van der Waals surface area (Å²) >= 11 is 0. The SMILES string of the molecule is CCC(C(=O)N1CCC(c2nn(C)c(=O)n2C2CC2)CC1)c1ccccc1. The highest BCUT2D eigenvalue weighted by Crippen LogP contribution is 2.37. The van der Waals surface area contributed by atoms with E-state index in [1.54, 1.807) is 7.05 Å². The van der Waals surface area contributed by atoms with E-state index < -0.39 is 0 Å². The van der Waals surface area contributed by atoms with Crippen LogP contribution < -0.4 is 5.69 Å². The predicted octanol–water partition coefficient (Wildman–Crippen LogP) is 2.82. The number of hydrogen-bond acceptors (Lipinski definition) is 3. The van der Waals surface area contributed by atoms with Gasteiger partial charge in [0.15, 0.2) is 0 Å². The lowest BCUT2D eigenvalue weighted by molar-refractivity contribution is -0.134. The Kier molecular flexibility index (Phi) is 4.89. The lowest BCUT2D eigenvalue weighted by atomic mass is 9.91. The molecule has 0 radical (unpaired) electrons. The number of piperidine rings is 1. The minimum Gasteiger partial charge on any atom is -0.342 e. The van der Waals surface area contributed by atoms with E-state index in [4.69, 9.17) is 0 Å². The highest BCUT2D eigenvalue weighted by Gasteiger charge is 2.35. The average molecular weight is 368 g/mol. The van der Waals surface area contributed by atoms with E-state index in [1.807, 2.05) is 39.8 Å². The molecule has 1 aromatic carbocycles. The first-order valence-corrected chi connectivity index (χ1v) is 10.1. The summed E-state index contributed by atoms with van der Waals surface area (Å²) in [5.41, 5.74) is 1.10. The van der Waals surface area contributed by atoms with Crippen LogP contribution in [-0.4, -0.2) is 38.2 Å². The second kappa shape index (κ2) is 7.33. The van der Waals surface area contributed by atoms with Crippen LogP contribution in [0.15, 0.2) is 35.1 Å². The molecule has 6 nitrogen and oxygen atoms in total. The molecule has 1 aliphatic heterocycles. The molecule has 2 aliphatic rings. The molecule has 0 bridgehead atoms. The summed E-state index contributed by atoms with van der Waals surface area (Å²) in [4.78, 5) is 27.4. The van der Waals surface area contributed by atoms with E-state index in [1.165, 1.54) is 4.68 Å². The van der Waals surface area contributed by atoms with Gasteiger partial charge in [0.1, 0.15) is 5.82 Å². The molecule has 144 valence electrons. The first kappa shape index (κ1) is 18.0. The third kappa shape index (κ3) is 3.45. The Hall–Kier alpha value is -2.37. The van der Waals surface area contributed by atoms with E-state index in [0.717, 1.165) is 56.6 Å². The van der Waals surface area contributed by atoms with E-state index in [9.17, 15) is 9.59 Å². The molecule has 2 fully saturated rings. The number of benzene rings is 1. The van der Waals surface area contributed by atoms with Crippen molar-refractivity contribution < 1.29 is 4.79 Å². The van der Waals surface area contributed by atoms with Crippen molar-refractivity contribution in [3.8, 4) is 0 Å². The van der Waals surface area contributed by atoms with Gasteiger partial charge in [-0.15, -0.1) is 0 Å². The van der Waals surface area contributed by atoms with Crippen LogP contribution in [0, 0.1) is 0 Å². The lowest BCUT2D eigenvalue weighted by Gasteiger charge is -2.34. The third-order valence-electron chi connectivity index (χ3n) is 5.97. The second-order valence-electron chi connectivity index (χ2n) is 7.84. The number of aromatic nitrogens is 3. The van der Waals surface area contributed by atoms with Gasteiger partial charge in [-0.25, -0.2) is 9.48 Å². The van der Waals surface area contributed by atoms with Crippen molar-refractivity contribution in [3.63, 3.8) is 0 Å². The number of rotatable bonds is 5. The molecule has 1 aliphatic carbocycles. The van der Waals surface area contributed by atoms with Crippen molar-refractivity contribution in [2.75, 3.05) is 13.1 Å². The fraction of sp³-hybridized carbons (Fsp3) is 0.571. The smallest absolute Gasteiger partial charge is 0.342 e. The molecule has 1 saturated carbocycles. The predicted molar refractivity (Wildman–Crippen MR) is 104 cm³/mol. The summed E-state index contributed by atoms with van der Waals surface area (Å²) in [6, 6.07) is 10.4. The Morgan fingerprint density at radius 1 is 1.15 bits per heavy atom. The van der Waals surface area contributed by atoms with Crippen molar-refractivity contribution in [2.45, 2.75) is 56.9 Å². The molecular weight excluding hydrogens is 340 g/mol. The fourth-order valence-electron chi connectivity index (χ4n) is 4.27. The van der Waals surface area contributed by atoms with Crippen LogP contribution in [0.5, 0.6) is 0 Å². The van der Waals surface area contributed by atoms with Crippen LogP contribution in [-0.2, 0) is 11.8 Å². The van der Waals surface area contributed by atoms with Gasteiger partial charge in [-0.2, -0.15) is 5.10 Å². The molecule has 0 N–H and O–H groups in total. The van der Waals surface area contributed by atoms with Crippen LogP contribution in [0.25, 0.3) is 0 Å². The van der Waals surface area contributed by atoms with Gasteiger partial charge in [0.05, 0.1) is 5.92 Å². The third-order valence-corrected chi connectivity index (χ3v) is 5.97. The van der Waals surface area contributed by atoms with E-state index in [0.29, 0.717) is 6.04 Å². The summed E-state index contributed by atoms with van der Waals surface area (Å²) in [5.74, 6) is 1.34. The standard InChI is InChI=1S/C21H28N4O2/c1-3-18(15-7-5-4-6-8-15)20(26)24-13-11-16(12-14-24)19-22-23(2)21(27)25(19)17-9-10-17/h4-8,16-18H,3,9-14H2,1-2H3. The van der Waals surface area contributed by atoms with Gasteiger partial charge >= 0.3 is 5.69 Å². The Labute approximate surface area is 159 Å². The molecule has 2 aromatic rings. The van der Waals surface area contributed by atoms with Gasteiger partial charge in [-0.3, -0.25) is 9.36 Å². The lowest BCUT2D eigenvalue weighted by Crippen LogP contribution is -2.41. The van der Waals surface area contributed by atoms with Gasteiger partial charge < -0.3 is 4.90 Å². The zero-order valence-electron chi connectivity index (χ0n) is 16.2. The summed E-state index contributed by atoms with van der Waals surface area (Å²) < 4.78 is 3.37. The molecular formula is C21H28N4O2. The maximum absolute atomic E-state index is 13.1. The Balaban J connectivity index is 1.45. The summed E-state index contributed by atoms with van der Waals surface area (Å²) in [5, 5.41) is 4.53. The zero-order chi connectivity index (χ0) is 19.0. The van der Waals surface area contributed by atoms with Crippen LogP contribution >= 0.6 is 0 Å². The maximum Gasteiger partial charge on any atom is 0.345 e. The topological polar surface area (TPSA) is 60.1 Å². The highest BCUT2D eigenvalue weighted by atomic mass is 16.2. The number of nitrogens with zero attached hydrogens (tertiary/aromatic N) is 4. The monoisotopic (exact) mass is 368 g/mol. The van der Waals surface area contributed by atoms with E-state index in [2.05, 4.69) is 12.0 Å². The minimum absolute atomic E-state index is 0.00105. The van der Waals surface area contributed by atoms with Gasteiger partial charge in [0, 0.05) is 32.1 Å². The van der Waals surface area contributed by atoms with Gasteiger partial charge in [0.2, 0.25) is 5.91 Å². The summed E-state index contributed by atoms with van der Waals surface area (Å²) in [6.45, 7) is 3.55. The number of likely N-dealkylation sites (tertiary alicyclic amines) is 1. The molecule has 1 aromatic heterocycles. The van der Waals surface area contributed by atoms with Gasteiger partial charge in [-0.1, -0.05) is 37.3 Å². The van der Waals surface area contributed by atoms with Crippen LogP contribution in [0.4, 0.5) is 0 Å². The normalized spacial score (nSPS) is 19.3. The molecule has 0 spiro atoms. The summed E-state index contributed by atoms with van der Waals surface area (Å²) in [7, 11) is 1.73. The Morgan fingerprint density at radius 2 is 1.81 bits per heavy atom. The molecule has 1 unspecified atom stereocenters. The van der Waals surface area contributed by atoms with Crippen molar-refractivity contribution in [2.24, 2.45) is 7.05 Å². The molecule has 2 heterocycles. The maximum atomic E-state index is 13.1. The quantitative estimate of drug-likeness (QED) is 0.815. The van der Waals surface area contributed by atoms with Gasteiger partial charge in [0.25, 0.3) is 0 Å². The van der Waals surface area contributed by atoms with E-state index in [-0.39, 0.29) is 23.4 Å². The largest absolute Gasteiger partial charge is 0.345 e. The van der Waals surface area contributed by atoms with Crippen LogP contribution in [0.2, 0.25) is 0 Å². The molecule has 1 saturated heterocycles. The number of carbonyl (C=O) groups excluding carboxylic acids is 1. The van der Waals surface area contributed by atoms with Crippen LogP contribution in [0.1, 0.15) is 68.3 Å². The van der Waals surface area contributed by atoms with Crippen molar-refractivity contribution in [1.29, 1.82) is 0 Å². The first-order chi connectivity index (χ1) is 13.1. The van der Waals surface area contributed by atoms with Gasteiger partial charge in [-0.05, 0) is 37.7 Å².